The number of ether oxygens (including phenoxy) is 1. The van der Waals surface area contributed by atoms with Gasteiger partial charge in [-0.25, -0.2) is 14.0 Å². The second-order valence-corrected chi connectivity index (χ2v) is 8.06. The first-order chi connectivity index (χ1) is 16.4. The molecule has 1 atom stereocenters. The number of amides is 2. The minimum atomic E-state index is -1.36. The van der Waals surface area contributed by atoms with Gasteiger partial charge in [0.2, 0.25) is 5.91 Å². The molecule has 1 aliphatic carbocycles. The van der Waals surface area contributed by atoms with Crippen molar-refractivity contribution in [3.8, 4) is 11.1 Å². The van der Waals surface area contributed by atoms with Gasteiger partial charge in [-0.1, -0.05) is 61.5 Å². The zero-order valence-corrected chi connectivity index (χ0v) is 18.4. The number of alkyl carbamates (subject to hydrolysis) is 1. The molecule has 0 bridgehead atoms. The van der Waals surface area contributed by atoms with Gasteiger partial charge < -0.3 is 20.5 Å². The van der Waals surface area contributed by atoms with E-state index in [4.69, 9.17) is 4.74 Å². The van der Waals surface area contributed by atoms with E-state index in [9.17, 15) is 23.9 Å². The Balaban J connectivity index is 1.33. The van der Waals surface area contributed by atoms with E-state index in [0.29, 0.717) is 0 Å². The van der Waals surface area contributed by atoms with Crippen molar-refractivity contribution in [2.24, 2.45) is 5.92 Å². The van der Waals surface area contributed by atoms with Crippen molar-refractivity contribution >= 4 is 23.7 Å². The molecule has 4 rings (SSSR count). The highest BCUT2D eigenvalue weighted by Gasteiger charge is 2.29. The number of benzene rings is 3. The quantitative estimate of drug-likeness (QED) is 0.475. The average molecular weight is 462 g/mol. The van der Waals surface area contributed by atoms with Crippen LogP contribution in [0.15, 0.2) is 66.7 Å². The smallest absolute Gasteiger partial charge is 0.407 e. The van der Waals surface area contributed by atoms with Crippen LogP contribution in [0.1, 0.15) is 34.3 Å². The number of fused-ring (bicyclic) bond motifs is 3. The third-order valence-corrected chi connectivity index (χ3v) is 5.84. The maximum Gasteiger partial charge on any atom is 0.407 e. The molecular formula is C26H23FN2O5. The van der Waals surface area contributed by atoms with Gasteiger partial charge in [0, 0.05) is 12.5 Å². The molecule has 174 valence electrons. The number of carboxylic acids is 1. The molecule has 0 fully saturated rings. The van der Waals surface area contributed by atoms with Crippen molar-refractivity contribution in [3.63, 3.8) is 0 Å². The Kier molecular flexibility index (Phi) is 6.58. The Morgan fingerprint density at radius 2 is 1.59 bits per heavy atom. The lowest BCUT2D eigenvalue weighted by Crippen LogP contribution is -2.35. The van der Waals surface area contributed by atoms with Gasteiger partial charge in [0.1, 0.15) is 12.4 Å². The Morgan fingerprint density at radius 3 is 2.21 bits per heavy atom. The molecule has 1 aliphatic rings. The van der Waals surface area contributed by atoms with Crippen LogP contribution in [-0.4, -0.2) is 36.2 Å². The van der Waals surface area contributed by atoms with Gasteiger partial charge in [-0.15, -0.1) is 0 Å². The number of anilines is 1. The minimum Gasteiger partial charge on any atom is -0.478 e. The fourth-order valence-corrected chi connectivity index (χ4v) is 4.05. The first kappa shape index (κ1) is 23.0. The van der Waals surface area contributed by atoms with E-state index in [1.807, 2.05) is 48.5 Å². The van der Waals surface area contributed by atoms with Gasteiger partial charge in [-0.3, -0.25) is 4.79 Å². The first-order valence-electron chi connectivity index (χ1n) is 10.8. The van der Waals surface area contributed by atoms with Crippen molar-refractivity contribution < 1.29 is 28.6 Å². The number of carbonyl (C=O) groups is 3. The van der Waals surface area contributed by atoms with E-state index in [-0.39, 0.29) is 24.6 Å². The summed E-state index contributed by atoms with van der Waals surface area (Å²) in [5, 5.41) is 14.0. The topological polar surface area (TPSA) is 105 Å². The largest absolute Gasteiger partial charge is 0.478 e. The van der Waals surface area contributed by atoms with E-state index >= 15 is 0 Å². The van der Waals surface area contributed by atoms with Crippen molar-refractivity contribution in [1.82, 2.24) is 5.32 Å². The highest BCUT2D eigenvalue weighted by Crippen LogP contribution is 2.44. The number of carbonyl (C=O) groups excluding carboxylic acids is 2. The zero-order valence-electron chi connectivity index (χ0n) is 18.4. The number of hydrogen-bond acceptors (Lipinski definition) is 4. The highest BCUT2D eigenvalue weighted by molar-refractivity contribution is 6.01. The summed E-state index contributed by atoms with van der Waals surface area (Å²) < 4.78 is 19.5. The van der Waals surface area contributed by atoms with Crippen molar-refractivity contribution in [3.05, 3.63) is 89.2 Å². The molecule has 0 saturated heterocycles. The molecule has 3 aromatic carbocycles. The van der Waals surface area contributed by atoms with E-state index < -0.39 is 35.4 Å². The van der Waals surface area contributed by atoms with Gasteiger partial charge in [-0.05, 0) is 34.4 Å². The Morgan fingerprint density at radius 1 is 0.971 bits per heavy atom. The van der Waals surface area contributed by atoms with Gasteiger partial charge >= 0.3 is 12.1 Å². The number of rotatable bonds is 7. The molecule has 8 heteroatoms. The SMILES string of the molecule is CC(CNC(=O)OCC1c2ccccc2-c2ccccc21)C(=O)Nc1c(F)cccc1C(=O)O. The third kappa shape index (κ3) is 4.61. The standard InChI is InChI=1S/C26H23FN2O5/c1-15(24(30)29-23-20(25(31)32)11-6-12-22(23)27)13-28-26(33)34-14-21-18-9-4-2-7-16(18)17-8-3-5-10-19(17)21/h2-12,15,21H,13-14H2,1H3,(H,28,33)(H,29,30)(H,31,32). The number of hydrogen-bond donors (Lipinski definition) is 3. The average Bonchev–Trinajstić information content (AvgIpc) is 3.16. The number of nitrogens with one attached hydrogen (secondary N) is 2. The van der Waals surface area contributed by atoms with Crippen LogP contribution in [0.4, 0.5) is 14.9 Å². The second kappa shape index (κ2) is 9.74. The van der Waals surface area contributed by atoms with Crippen LogP contribution in [0.5, 0.6) is 0 Å². The molecule has 3 aromatic rings. The molecule has 0 saturated carbocycles. The molecule has 0 aromatic heterocycles. The fraction of sp³-hybridized carbons (Fsp3) is 0.192. The van der Waals surface area contributed by atoms with E-state index in [0.717, 1.165) is 28.3 Å². The van der Waals surface area contributed by atoms with Crippen molar-refractivity contribution in [2.45, 2.75) is 12.8 Å². The second-order valence-electron chi connectivity index (χ2n) is 8.06. The lowest BCUT2D eigenvalue weighted by Gasteiger charge is -2.17. The summed E-state index contributed by atoms with van der Waals surface area (Å²) >= 11 is 0. The van der Waals surface area contributed by atoms with E-state index in [2.05, 4.69) is 10.6 Å². The number of carboxylic acid groups (broad SMARTS) is 1. The molecular weight excluding hydrogens is 439 g/mol. The Bertz CT molecular complexity index is 1210. The van der Waals surface area contributed by atoms with Crippen LogP contribution in [0.2, 0.25) is 0 Å². The summed E-state index contributed by atoms with van der Waals surface area (Å²) in [6.07, 6.45) is -0.682. The van der Waals surface area contributed by atoms with Gasteiger partial charge in [-0.2, -0.15) is 0 Å². The predicted molar refractivity (Wildman–Crippen MR) is 124 cm³/mol. The summed E-state index contributed by atoms with van der Waals surface area (Å²) in [5.74, 6) is -3.70. The molecule has 0 heterocycles. The summed E-state index contributed by atoms with van der Waals surface area (Å²) in [6, 6.07) is 19.5. The van der Waals surface area contributed by atoms with Gasteiger partial charge in [0.05, 0.1) is 17.2 Å². The molecule has 0 spiro atoms. The summed E-state index contributed by atoms with van der Waals surface area (Å²) in [4.78, 5) is 36.0. The van der Waals surface area contributed by atoms with E-state index in [1.165, 1.54) is 19.1 Å². The number of para-hydroxylation sites is 1. The van der Waals surface area contributed by atoms with E-state index in [1.54, 1.807) is 0 Å². The maximum absolute atomic E-state index is 14.0. The minimum absolute atomic E-state index is 0.0701. The van der Waals surface area contributed by atoms with Crippen LogP contribution < -0.4 is 10.6 Å². The molecule has 0 radical (unpaired) electrons. The molecule has 0 aliphatic heterocycles. The third-order valence-electron chi connectivity index (χ3n) is 5.84. The fourth-order valence-electron chi connectivity index (χ4n) is 4.05. The Hall–Kier alpha value is -4.20. The summed E-state index contributed by atoms with van der Waals surface area (Å²) in [7, 11) is 0. The van der Waals surface area contributed by atoms with Gasteiger partial charge in [0.15, 0.2) is 0 Å². The number of aromatic carboxylic acids is 1. The van der Waals surface area contributed by atoms with Crippen LogP contribution in [0, 0.1) is 11.7 Å². The van der Waals surface area contributed by atoms with Crippen molar-refractivity contribution in [2.75, 3.05) is 18.5 Å². The molecule has 3 N–H and O–H groups in total. The molecule has 2 amide bonds. The van der Waals surface area contributed by atoms with Crippen molar-refractivity contribution in [1.29, 1.82) is 0 Å². The first-order valence-corrected chi connectivity index (χ1v) is 10.8. The van der Waals surface area contributed by atoms with Gasteiger partial charge in [0.25, 0.3) is 0 Å². The lowest BCUT2D eigenvalue weighted by molar-refractivity contribution is -0.119. The Labute approximate surface area is 195 Å². The highest BCUT2D eigenvalue weighted by atomic mass is 19.1. The lowest BCUT2D eigenvalue weighted by atomic mass is 9.98. The van der Waals surface area contributed by atoms with Crippen LogP contribution in [0.3, 0.4) is 0 Å². The van der Waals surface area contributed by atoms with Crippen LogP contribution >= 0.6 is 0 Å². The summed E-state index contributed by atoms with van der Waals surface area (Å²) in [6.45, 7) is 1.59. The molecule has 34 heavy (non-hydrogen) atoms. The monoisotopic (exact) mass is 462 g/mol. The predicted octanol–water partition coefficient (Wildman–Crippen LogP) is 4.64. The van der Waals surface area contributed by atoms with Crippen LogP contribution in [-0.2, 0) is 9.53 Å². The molecule has 1 unspecified atom stereocenters. The number of halogens is 1. The summed E-state index contributed by atoms with van der Waals surface area (Å²) in [5.41, 5.74) is 3.64. The normalized spacial score (nSPS) is 12.9. The molecule has 7 nitrogen and oxygen atoms in total. The maximum atomic E-state index is 14.0. The zero-order chi connectivity index (χ0) is 24.2. The van der Waals surface area contributed by atoms with Crippen LogP contribution in [0.25, 0.3) is 11.1 Å².